The molecule has 2 heterocycles. The molecule has 5 nitrogen and oxygen atoms in total. The van der Waals surface area contributed by atoms with E-state index in [4.69, 9.17) is 16.1 Å². The molecule has 0 unspecified atom stereocenters. The highest BCUT2D eigenvalue weighted by Crippen LogP contribution is 2.22. The average molecular weight is 417 g/mol. The van der Waals surface area contributed by atoms with Crippen molar-refractivity contribution in [1.82, 2.24) is 15.1 Å². The van der Waals surface area contributed by atoms with Gasteiger partial charge in [0.15, 0.2) is 0 Å². The van der Waals surface area contributed by atoms with E-state index in [-0.39, 0.29) is 11.4 Å². The van der Waals surface area contributed by atoms with Crippen LogP contribution in [0.1, 0.15) is 11.5 Å². The van der Waals surface area contributed by atoms with Crippen LogP contribution in [0.15, 0.2) is 62.3 Å². The molecular formula is C18H11BrClN3O2. The number of hydrogen-bond acceptors (Lipinski definition) is 4. The van der Waals surface area contributed by atoms with Crippen molar-refractivity contribution in [2.75, 3.05) is 0 Å². The standard InChI is InChI=1S/C18H11BrClN3O2/c19-12-5-6-15-11(7-12)8-13(18(24)21-15)17-22-16(25-23-17)9-10-3-1-2-4-14(10)20/h1-8H,9H2,(H,21,24). The number of rotatable bonds is 3. The Bertz CT molecular complexity index is 1140. The number of fused-ring (bicyclic) bond motifs is 1. The molecule has 0 aliphatic heterocycles. The second-order valence-electron chi connectivity index (χ2n) is 5.52. The molecule has 0 aliphatic carbocycles. The third-order valence-electron chi connectivity index (χ3n) is 3.81. The van der Waals surface area contributed by atoms with E-state index >= 15 is 0 Å². The first kappa shape index (κ1) is 16.1. The zero-order valence-electron chi connectivity index (χ0n) is 12.8. The summed E-state index contributed by atoms with van der Waals surface area (Å²) in [5, 5.41) is 5.45. The SMILES string of the molecule is O=c1[nH]c2ccc(Br)cc2cc1-c1noc(Cc2ccccc2Cl)n1. The Kier molecular flexibility index (Phi) is 4.15. The summed E-state index contributed by atoms with van der Waals surface area (Å²) < 4.78 is 6.21. The van der Waals surface area contributed by atoms with Gasteiger partial charge in [0.1, 0.15) is 0 Å². The van der Waals surface area contributed by atoms with Crippen LogP contribution in [0.3, 0.4) is 0 Å². The Morgan fingerprint density at radius 3 is 2.84 bits per heavy atom. The molecular weight excluding hydrogens is 406 g/mol. The zero-order valence-corrected chi connectivity index (χ0v) is 15.1. The first-order valence-electron chi connectivity index (χ1n) is 7.49. The molecule has 0 atom stereocenters. The van der Waals surface area contributed by atoms with Crippen molar-refractivity contribution in [3.8, 4) is 11.4 Å². The monoisotopic (exact) mass is 415 g/mol. The van der Waals surface area contributed by atoms with Crippen LogP contribution in [0, 0.1) is 0 Å². The van der Waals surface area contributed by atoms with Crippen molar-refractivity contribution in [2.24, 2.45) is 0 Å². The highest BCUT2D eigenvalue weighted by Gasteiger charge is 2.14. The van der Waals surface area contributed by atoms with Gasteiger partial charge >= 0.3 is 0 Å². The summed E-state index contributed by atoms with van der Waals surface area (Å²) in [5.41, 5.74) is 1.73. The first-order valence-corrected chi connectivity index (χ1v) is 8.66. The predicted molar refractivity (Wildman–Crippen MR) is 99.8 cm³/mol. The van der Waals surface area contributed by atoms with Crippen molar-refractivity contribution in [3.63, 3.8) is 0 Å². The summed E-state index contributed by atoms with van der Waals surface area (Å²) in [6, 6.07) is 14.8. The van der Waals surface area contributed by atoms with Gasteiger partial charge in [0.25, 0.3) is 5.56 Å². The maximum absolute atomic E-state index is 12.3. The number of aromatic amines is 1. The minimum absolute atomic E-state index is 0.255. The van der Waals surface area contributed by atoms with E-state index < -0.39 is 0 Å². The van der Waals surface area contributed by atoms with Gasteiger partial charge in [-0.1, -0.05) is 50.9 Å². The quantitative estimate of drug-likeness (QED) is 0.530. The van der Waals surface area contributed by atoms with Crippen molar-refractivity contribution >= 4 is 38.4 Å². The summed E-state index contributed by atoms with van der Waals surface area (Å²) in [7, 11) is 0. The largest absolute Gasteiger partial charge is 0.339 e. The third-order valence-corrected chi connectivity index (χ3v) is 4.68. The molecule has 0 saturated carbocycles. The fourth-order valence-electron chi connectivity index (χ4n) is 2.58. The summed E-state index contributed by atoms with van der Waals surface area (Å²) in [4.78, 5) is 19.5. The molecule has 1 N–H and O–H groups in total. The van der Waals surface area contributed by atoms with Crippen LogP contribution in [-0.2, 0) is 6.42 Å². The molecule has 0 amide bonds. The van der Waals surface area contributed by atoms with Crippen LogP contribution >= 0.6 is 27.5 Å². The van der Waals surface area contributed by atoms with E-state index in [1.165, 1.54) is 0 Å². The van der Waals surface area contributed by atoms with Crippen molar-refractivity contribution in [2.45, 2.75) is 6.42 Å². The maximum Gasteiger partial charge on any atom is 0.259 e. The number of nitrogens with one attached hydrogen (secondary N) is 1. The van der Waals surface area contributed by atoms with Gasteiger partial charge in [0.05, 0.1) is 12.0 Å². The molecule has 25 heavy (non-hydrogen) atoms. The lowest BCUT2D eigenvalue weighted by Gasteiger charge is -2.01. The summed E-state index contributed by atoms with van der Waals surface area (Å²) in [5.74, 6) is 0.655. The number of aromatic nitrogens is 3. The molecule has 4 aromatic rings. The lowest BCUT2D eigenvalue weighted by Crippen LogP contribution is -2.09. The molecule has 0 aliphatic rings. The van der Waals surface area contributed by atoms with Crippen LogP contribution in [0.25, 0.3) is 22.3 Å². The molecule has 0 bridgehead atoms. The van der Waals surface area contributed by atoms with Gasteiger partial charge in [0.2, 0.25) is 11.7 Å². The summed E-state index contributed by atoms with van der Waals surface area (Å²) in [6.07, 6.45) is 0.406. The van der Waals surface area contributed by atoms with Crippen molar-refractivity contribution < 1.29 is 4.52 Å². The predicted octanol–water partition coefficient (Wildman–Crippen LogP) is 4.58. The number of nitrogens with zero attached hydrogens (tertiary/aromatic N) is 2. The normalized spacial score (nSPS) is 11.1. The lowest BCUT2D eigenvalue weighted by atomic mass is 10.1. The number of pyridine rings is 1. The minimum Gasteiger partial charge on any atom is -0.339 e. The fourth-order valence-corrected chi connectivity index (χ4v) is 3.17. The smallest absolute Gasteiger partial charge is 0.259 e. The van der Waals surface area contributed by atoms with E-state index in [9.17, 15) is 4.79 Å². The van der Waals surface area contributed by atoms with Gasteiger partial charge in [-0.25, -0.2) is 0 Å². The highest BCUT2D eigenvalue weighted by molar-refractivity contribution is 9.10. The maximum atomic E-state index is 12.3. The van der Waals surface area contributed by atoms with Crippen molar-refractivity contribution in [3.05, 3.63) is 79.8 Å². The Labute approximate surface area is 155 Å². The second-order valence-corrected chi connectivity index (χ2v) is 6.85. The van der Waals surface area contributed by atoms with Crippen LogP contribution in [-0.4, -0.2) is 15.1 Å². The summed E-state index contributed by atoms with van der Waals surface area (Å²) in [6.45, 7) is 0. The molecule has 0 saturated heterocycles. The molecule has 4 rings (SSSR count). The number of H-pyrrole nitrogens is 1. The molecule has 124 valence electrons. The van der Waals surface area contributed by atoms with Crippen LogP contribution in [0.4, 0.5) is 0 Å². The highest BCUT2D eigenvalue weighted by atomic mass is 79.9. The Morgan fingerprint density at radius 2 is 2.00 bits per heavy atom. The van der Waals surface area contributed by atoms with Crippen molar-refractivity contribution in [1.29, 1.82) is 0 Å². The van der Waals surface area contributed by atoms with Crippen LogP contribution in [0.5, 0.6) is 0 Å². The van der Waals surface area contributed by atoms with E-state index in [1.807, 2.05) is 36.4 Å². The van der Waals surface area contributed by atoms with Gasteiger partial charge in [0, 0.05) is 20.4 Å². The number of benzene rings is 2. The van der Waals surface area contributed by atoms with E-state index in [2.05, 4.69) is 31.1 Å². The van der Waals surface area contributed by atoms with Crippen LogP contribution < -0.4 is 5.56 Å². The minimum atomic E-state index is -0.264. The number of hydrogen-bond donors (Lipinski definition) is 1. The molecule has 2 aromatic heterocycles. The van der Waals surface area contributed by atoms with Gasteiger partial charge in [-0.2, -0.15) is 4.98 Å². The zero-order chi connectivity index (χ0) is 17.4. The van der Waals surface area contributed by atoms with E-state index in [1.54, 1.807) is 12.1 Å². The Hall–Kier alpha value is -2.44. The molecule has 2 aromatic carbocycles. The summed E-state index contributed by atoms with van der Waals surface area (Å²) >= 11 is 9.58. The second kappa shape index (κ2) is 6.46. The third kappa shape index (κ3) is 3.23. The molecule has 0 fully saturated rings. The molecule has 0 radical (unpaired) electrons. The number of halogens is 2. The molecule has 0 spiro atoms. The van der Waals surface area contributed by atoms with Gasteiger partial charge < -0.3 is 9.51 Å². The van der Waals surface area contributed by atoms with Gasteiger partial charge in [-0.05, 0) is 35.9 Å². The lowest BCUT2D eigenvalue weighted by molar-refractivity contribution is 0.385. The fraction of sp³-hybridized carbons (Fsp3) is 0.0556. The van der Waals surface area contributed by atoms with E-state index in [0.29, 0.717) is 22.9 Å². The Morgan fingerprint density at radius 1 is 1.16 bits per heavy atom. The van der Waals surface area contributed by atoms with E-state index in [0.717, 1.165) is 20.9 Å². The average Bonchev–Trinajstić information content (AvgIpc) is 3.05. The van der Waals surface area contributed by atoms with Gasteiger partial charge in [-0.3, -0.25) is 4.79 Å². The van der Waals surface area contributed by atoms with Gasteiger partial charge in [-0.15, -0.1) is 0 Å². The Balaban J connectivity index is 1.72. The molecule has 7 heteroatoms. The van der Waals surface area contributed by atoms with Crippen LogP contribution in [0.2, 0.25) is 5.02 Å². The first-order chi connectivity index (χ1) is 12.1. The topological polar surface area (TPSA) is 71.8 Å².